The van der Waals surface area contributed by atoms with Crippen LogP contribution in [0.15, 0.2) is 12.1 Å². The minimum absolute atomic E-state index is 0.418. The molecule has 0 bridgehead atoms. The highest BCUT2D eigenvalue weighted by atomic mass is 14.3. The Morgan fingerprint density at radius 3 is 2.00 bits per heavy atom. The lowest BCUT2D eigenvalue weighted by Crippen LogP contribution is -1.82. The van der Waals surface area contributed by atoms with E-state index in [0.717, 1.165) is 5.56 Å². The van der Waals surface area contributed by atoms with Gasteiger partial charge in [0.2, 0.25) is 0 Å². The molecular formula is C9H5N2. The number of hydrogen-bond acceptors (Lipinski definition) is 2. The number of hydrogen-bond donors (Lipinski definition) is 0. The molecule has 1 aromatic carbocycles. The van der Waals surface area contributed by atoms with Crippen LogP contribution in [-0.4, -0.2) is 0 Å². The lowest BCUT2D eigenvalue weighted by molar-refractivity contribution is 1.38. The zero-order valence-electron chi connectivity index (χ0n) is 6.05. The van der Waals surface area contributed by atoms with Crippen molar-refractivity contribution in [1.82, 2.24) is 0 Å². The van der Waals surface area contributed by atoms with Crippen LogP contribution in [0.4, 0.5) is 0 Å². The molecule has 0 spiro atoms. The molecule has 2 nitrogen and oxygen atoms in total. The standard InChI is InChI=1S/C9H5N2/c1-7-2-8(5-10)4-9(3-7)6-11/h2-3H,1H3. The van der Waals surface area contributed by atoms with Crippen LogP contribution in [0.3, 0.4) is 0 Å². The molecule has 2 heteroatoms. The highest BCUT2D eigenvalue weighted by Gasteiger charge is 1.96. The van der Waals surface area contributed by atoms with Crippen LogP contribution in [0.5, 0.6) is 0 Å². The molecule has 0 fully saturated rings. The highest BCUT2D eigenvalue weighted by Crippen LogP contribution is 2.06. The van der Waals surface area contributed by atoms with Crippen LogP contribution < -0.4 is 0 Å². The molecule has 0 aliphatic rings. The van der Waals surface area contributed by atoms with Crippen molar-refractivity contribution in [3.8, 4) is 12.1 Å². The van der Waals surface area contributed by atoms with Gasteiger partial charge in [0.1, 0.15) is 0 Å². The Morgan fingerprint density at radius 2 is 1.64 bits per heavy atom. The molecule has 0 aliphatic carbocycles. The number of aryl methyl sites for hydroxylation is 1. The Bertz CT molecular complexity index is 321. The molecule has 0 unspecified atom stereocenters. The van der Waals surface area contributed by atoms with Crippen molar-refractivity contribution in [3.63, 3.8) is 0 Å². The van der Waals surface area contributed by atoms with Crippen LogP contribution in [0.1, 0.15) is 16.7 Å². The summed E-state index contributed by atoms with van der Waals surface area (Å²) in [4.78, 5) is 0. The first-order valence-electron chi connectivity index (χ1n) is 3.10. The Labute approximate surface area is 65.3 Å². The van der Waals surface area contributed by atoms with Crippen molar-refractivity contribution in [3.05, 3.63) is 34.9 Å². The Balaban J connectivity index is 3.28. The van der Waals surface area contributed by atoms with E-state index >= 15 is 0 Å². The first-order chi connectivity index (χ1) is 5.26. The fourth-order valence-corrected chi connectivity index (χ4v) is 0.835. The van der Waals surface area contributed by atoms with Gasteiger partial charge in [0.05, 0.1) is 23.3 Å². The van der Waals surface area contributed by atoms with Gasteiger partial charge >= 0.3 is 0 Å². The van der Waals surface area contributed by atoms with E-state index in [9.17, 15) is 0 Å². The van der Waals surface area contributed by atoms with Gasteiger partial charge in [0.15, 0.2) is 0 Å². The van der Waals surface area contributed by atoms with Gasteiger partial charge in [-0.2, -0.15) is 10.5 Å². The topological polar surface area (TPSA) is 47.6 Å². The van der Waals surface area contributed by atoms with E-state index in [1.807, 2.05) is 19.1 Å². The first-order valence-corrected chi connectivity index (χ1v) is 3.10. The molecule has 0 aromatic heterocycles. The maximum absolute atomic E-state index is 8.49. The second kappa shape index (κ2) is 2.86. The summed E-state index contributed by atoms with van der Waals surface area (Å²) in [5.74, 6) is 0. The van der Waals surface area contributed by atoms with Crippen molar-refractivity contribution in [2.45, 2.75) is 6.92 Å². The monoisotopic (exact) mass is 141 g/mol. The van der Waals surface area contributed by atoms with Crippen LogP contribution in [0, 0.1) is 35.7 Å². The van der Waals surface area contributed by atoms with Gasteiger partial charge in [-0.05, 0) is 24.6 Å². The van der Waals surface area contributed by atoms with Crippen LogP contribution in [0.2, 0.25) is 0 Å². The average molecular weight is 141 g/mol. The van der Waals surface area contributed by atoms with Crippen molar-refractivity contribution in [1.29, 1.82) is 10.5 Å². The maximum atomic E-state index is 8.49. The molecular weight excluding hydrogens is 136 g/mol. The van der Waals surface area contributed by atoms with Crippen molar-refractivity contribution in [2.24, 2.45) is 0 Å². The van der Waals surface area contributed by atoms with E-state index in [4.69, 9.17) is 10.5 Å². The van der Waals surface area contributed by atoms with Crippen molar-refractivity contribution < 1.29 is 0 Å². The van der Waals surface area contributed by atoms with Gasteiger partial charge < -0.3 is 0 Å². The molecule has 0 aliphatic heterocycles. The molecule has 1 radical (unpaired) electrons. The van der Waals surface area contributed by atoms with E-state index in [-0.39, 0.29) is 0 Å². The largest absolute Gasteiger partial charge is 0.192 e. The van der Waals surface area contributed by atoms with E-state index in [2.05, 4.69) is 6.07 Å². The van der Waals surface area contributed by atoms with E-state index in [1.165, 1.54) is 0 Å². The molecule has 1 aromatic rings. The first kappa shape index (κ1) is 7.31. The molecule has 0 saturated heterocycles. The van der Waals surface area contributed by atoms with Crippen molar-refractivity contribution >= 4 is 0 Å². The van der Waals surface area contributed by atoms with Gasteiger partial charge in [-0.25, -0.2) is 0 Å². The molecule has 0 heterocycles. The maximum Gasteiger partial charge on any atom is 0.0998 e. The third kappa shape index (κ3) is 1.56. The summed E-state index contributed by atoms with van der Waals surface area (Å²) < 4.78 is 0. The van der Waals surface area contributed by atoms with Gasteiger partial charge in [-0.3, -0.25) is 0 Å². The zero-order chi connectivity index (χ0) is 8.27. The minimum Gasteiger partial charge on any atom is -0.192 e. The summed E-state index contributed by atoms with van der Waals surface area (Å²) >= 11 is 0. The lowest BCUT2D eigenvalue weighted by atomic mass is 10.1. The fourth-order valence-electron chi connectivity index (χ4n) is 0.835. The quantitative estimate of drug-likeness (QED) is 0.550. The zero-order valence-corrected chi connectivity index (χ0v) is 6.05. The lowest BCUT2D eigenvalue weighted by Gasteiger charge is -1.92. The fraction of sp³-hybridized carbons (Fsp3) is 0.111. The average Bonchev–Trinajstić information content (AvgIpc) is 2.03. The summed E-state index contributed by atoms with van der Waals surface area (Å²) in [6.45, 7) is 1.84. The summed E-state index contributed by atoms with van der Waals surface area (Å²) in [7, 11) is 0. The van der Waals surface area contributed by atoms with Crippen molar-refractivity contribution in [2.75, 3.05) is 0 Å². The SMILES string of the molecule is Cc1cc(C#N)[c]c(C#N)c1. The van der Waals surface area contributed by atoms with Crippen LogP contribution >= 0.6 is 0 Å². The second-order valence-corrected chi connectivity index (χ2v) is 2.21. The van der Waals surface area contributed by atoms with Gasteiger partial charge in [0, 0.05) is 6.07 Å². The smallest absolute Gasteiger partial charge is 0.0998 e. The minimum atomic E-state index is 0.418. The highest BCUT2D eigenvalue weighted by molar-refractivity contribution is 5.40. The van der Waals surface area contributed by atoms with E-state index in [1.54, 1.807) is 12.1 Å². The molecule has 0 N–H and O–H groups in total. The predicted octanol–water partition coefficient (Wildman–Crippen LogP) is 1.54. The summed E-state index contributed by atoms with van der Waals surface area (Å²) in [6.07, 6.45) is 0. The Kier molecular flexibility index (Phi) is 1.90. The number of benzene rings is 1. The predicted molar refractivity (Wildman–Crippen MR) is 39.4 cm³/mol. The van der Waals surface area contributed by atoms with Crippen LogP contribution in [0.25, 0.3) is 0 Å². The van der Waals surface area contributed by atoms with Gasteiger partial charge in [-0.1, -0.05) is 0 Å². The molecule has 51 valence electrons. The summed E-state index contributed by atoms with van der Waals surface area (Å²) in [6, 6.07) is 9.92. The molecule has 11 heavy (non-hydrogen) atoms. The third-order valence-corrected chi connectivity index (χ3v) is 1.25. The third-order valence-electron chi connectivity index (χ3n) is 1.25. The molecule has 0 amide bonds. The summed E-state index contributed by atoms with van der Waals surface area (Å²) in [5, 5.41) is 17.0. The van der Waals surface area contributed by atoms with Crippen LogP contribution in [-0.2, 0) is 0 Å². The normalized spacial score (nSPS) is 8.27. The molecule has 0 atom stereocenters. The Hall–Kier alpha value is -1.80. The van der Waals surface area contributed by atoms with E-state index < -0.39 is 0 Å². The van der Waals surface area contributed by atoms with Gasteiger partial charge in [-0.15, -0.1) is 0 Å². The van der Waals surface area contributed by atoms with Gasteiger partial charge in [0.25, 0.3) is 0 Å². The molecule has 0 saturated carbocycles. The number of nitrogens with zero attached hydrogens (tertiary/aromatic N) is 2. The second-order valence-electron chi connectivity index (χ2n) is 2.21. The number of nitriles is 2. The number of rotatable bonds is 0. The Morgan fingerprint density at radius 1 is 1.18 bits per heavy atom. The summed E-state index contributed by atoms with van der Waals surface area (Å²) in [5.41, 5.74) is 1.75. The van der Waals surface area contributed by atoms with E-state index in [0.29, 0.717) is 11.1 Å². The molecule has 1 rings (SSSR count).